The molecule has 0 spiro atoms. The SMILES string of the molecule is Cc1nc(C(=O)NCCN(C)C)nc(C)c1C(C)C. The number of nitrogens with zero attached hydrogens (tertiary/aromatic N) is 3. The summed E-state index contributed by atoms with van der Waals surface area (Å²) in [5.74, 6) is 0.423. The van der Waals surface area contributed by atoms with E-state index < -0.39 is 0 Å². The zero-order valence-electron chi connectivity index (χ0n) is 12.7. The Kier molecular flexibility index (Phi) is 5.42. The van der Waals surface area contributed by atoms with E-state index in [1.54, 1.807) is 0 Å². The fraction of sp³-hybridized carbons (Fsp3) is 0.643. The highest BCUT2D eigenvalue weighted by Crippen LogP contribution is 2.20. The number of aromatic nitrogens is 2. The summed E-state index contributed by atoms with van der Waals surface area (Å²) in [6.07, 6.45) is 0. The van der Waals surface area contributed by atoms with E-state index in [1.807, 2.05) is 32.8 Å². The van der Waals surface area contributed by atoms with Crippen LogP contribution >= 0.6 is 0 Å². The van der Waals surface area contributed by atoms with E-state index in [9.17, 15) is 4.79 Å². The molecule has 0 radical (unpaired) electrons. The molecule has 1 heterocycles. The van der Waals surface area contributed by atoms with Gasteiger partial charge in [0.2, 0.25) is 5.82 Å². The van der Waals surface area contributed by atoms with Crippen molar-refractivity contribution >= 4 is 5.91 Å². The predicted molar refractivity (Wildman–Crippen MR) is 76.5 cm³/mol. The summed E-state index contributed by atoms with van der Waals surface area (Å²) in [6.45, 7) is 9.47. The Bertz CT molecular complexity index is 432. The van der Waals surface area contributed by atoms with Crippen LogP contribution in [0.3, 0.4) is 0 Å². The lowest BCUT2D eigenvalue weighted by Gasteiger charge is -2.14. The Labute approximate surface area is 115 Å². The smallest absolute Gasteiger partial charge is 0.289 e. The van der Waals surface area contributed by atoms with E-state index in [0.717, 1.165) is 23.5 Å². The predicted octanol–water partition coefficient (Wildman–Crippen LogP) is 1.51. The van der Waals surface area contributed by atoms with E-state index in [0.29, 0.717) is 12.5 Å². The summed E-state index contributed by atoms with van der Waals surface area (Å²) in [5.41, 5.74) is 2.91. The van der Waals surface area contributed by atoms with Crippen LogP contribution in [0.2, 0.25) is 0 Å². The summed E-state index contributed by atoms with van der Waals surface area (Å²) in [7, 11) is 3.93. The highest BCUT2D eigenvalue weighted by atomic mass is 16.2. The molecule has 0 saturated carbocycles. The Balaban J connectivity index is 2.82. The minimum Gasteiger partial charge on any atom is -0.348 e. The van der Waals surface area contributed by atoms with Crippen molar-refractivity contribution in [2.45, 2.75) is 33.6 Å². The first-order valence-electron chi connectivity index (χ1n) is 6.61. The topological polar surface area (TPSA) is 58.1 Å². The zero-order chi connectivity index (χ0) is 14.6. The van der Waals surface area contributed by atoms with Crippen molar-refractivity contribution in [3.8, 4) is 0 Å². The molecule has 0 aliphatic heterocycles. The van der Waals surface area contributed by atoms with Gasteiger partial charge in [0.15, 0.2) is 0 Å². The van der Waals surface area contributed by atoms with Gasteiger partial charge >= 0.3 is 0 Å². The van der Waals surface area contributed by atoms with E-state index in [2.05, 4.69) is 29.1 Å². The van der Waals surface area contributed by atoms with Crippen molar-refractivity contribution in [2.75, 3.05) is 27.2 Å². The highest BCUT2D eigenvalue weighted by molar-refractivity contribution is 5.90. The van der Waals surface area contributed by atoms with E-state index in [4.69, 9.17) is 0 Å². The van der Waals surface area contributed by atoms with Gasteiger partial charge in [0.05, 0.1) is 0 Å². The van der Waals surface area contributed by atoms with Gasteiger partial charge in [-0.15, -0.1) is 0 Å². The third-order valence-electron chi connectivity index (χ3n) is 2.95. The molecule has 19 heavy (non-hydrogen) atoms. The van der Waals surface area contributed by atoms with Gasteiger partial charge in [-0.2, -0.15) is 0 Å². The molecule has 0 bridgehead atoms. The fourth-order valence-corrected chi connectivity index (χ4v) is 2.13. The lowest BCUT2D eigenvalue weighted by molar-refractivity contribution is 0.0940. The van der Waals surface area contributed by atoms with E-state index in [1.165, 1.54) is 0 Å². The first kappa shape index (κ1) is 15.6. The molecule has 5 heteroatoms. The average Bonchev–Trinajstić information content (AvgIpc) is 2.26. The molecule has 1 N–H and O–H groups in total. The van der Waals surface area contributed by atoms with Crippen LogP contribution in [0, 0.1) is 13.8 Å². The first-order valence-corrected chi connectivity index (χ1v) is 6.61. The van der Waals surface area contributed by atoms with Gasteiger partial charge in [-0.25, -0.2) is 9.97 Å². The van der Waals surface area contributed by atoms with Crippen LogP contribution in [-0.2, 0) is 0 Å². The molecule has 5 nitrogen and oxygen atoms in total. The van der Waals surface area contributed by atoms with E-state index >= 15 is 0 Å². The standard InChI is InChI=1S/C14H24N4O/c1-9(2)12-10(3)16-13(17-11(12)4)14(19)15-7-8-18(5)6/h9H,7-8H2,1-6H3,(H,15,19). The summed E-state index contributed by atoms with van der Waals surface area (Å²) in [4.78, 5) is 22.6. The summed E-state index contributed by atoms with van der Waals surface area (Å²) >= 11 is 0. The molecule has 1 aromatic rings. The minimum absolute atomic E-state index is 0.205. The second-order valence-corrected chi connectivity index (χ2v) is 5.35. The van der Waals surface area contributed by atoms with Crippen molar-refractivity contribution < 1.29 is 4.79 Å². The second-order valence-electron chi connectivity index (χ2n) is 5.35. The van der Waals surface area contributed by atoms with Crippen molar-refractivity contribution in [1.29, 1.82) is 0 Å². The number of rotatable bonds is 5. The molecule has 0 aromatic carbocycles. The van der Waals surface area contributed by atoms with Crippen molar-refractivity contribution in [1.82, 2.24) is 20.2 Å². The zero-order valence-corrected chi connectivity index (χ0v) is 12.7. The molecule has 1 rings (SSSR count). The summed E-state index contributed by atoms with van der Waals surface area (Å²) < 4.78 is 0. The molecule has 0 fully saturated rings. The molecule has 0 aliphatic carbocycles. The number of aryl methyl sites for hydroxylation is 2. The van der Waals surface area contributed by atoms with Crippen LogP contribution in [0.5, 0.6) is 0 Å². The maximum atomic E-state index is 12.0. The molecule has 1 amide bonds. The molecule has 106 valence electrons. The number of hydrogen-bond acceptors (Lipinski definition) is 4. The Morgan fingerprint density at radius 1 is 1.21 bits per heavy atom. The van der Waals surface area contributed by atoms with Gasteiger partial charge < -0.3 is 10.2 Å². The van der Waals surface area contributed by atoms with Gasteiger partial charge in [-0.1, -0.05) is 13.8 Å². The number of likely N-dealkylation sites (N-methyl/N-ethyl adjacent to an activating group) is 1. The molecule has 0 saturated heterocycles. The lowest BCUT2D eigenvalue weighted by atomic mass is 10.0. The Morgan fingerprint density at radius 2 is 1.74 bits per heavy atom. The number of amides is 1. The summed E-state index contributed by atoms with van der Waals surface area (Å²) in [6, 6.07) is 0. The van der Waals surface area contributed by atoms with Gasteiger partial charge in [-0.3, -0.25) is 4.79 Å². The number of carbonyl (C=O) groups excluding carboxylic acids is 1. The second kappa shape index (κ2) is 6.61. The monoisotopic (exact) mass is 264 g/mol. The van der Waals surface area contributed by atoms with Crippen molar-refractivity contribution in [3.63, 3.8) is 0 Å². The Morgan fingerprint density at radius 3 is 2.16 bits per heavy atom. The van der Waals surface area contributed by atoms with Crippen LogP contribution in [0.15, 0.2) is 0 Å². The van der Waals surface area contributed by atoms with Crippen molar-refractivity contribution in [2.24, 2.45) is 0 Å². The maximum absolute atomic E-state index is 12.0. The highest BCUT2D eigenvalue weighted by Gasteiger charge is 2.15. The fourth-order valence-electron chi connectivity index (χ4n) is 2.13. The normalized spacial score (nSPS) is 11.2. The van der Waals surface area contributed by atoms with E-state index in [-0.39, 0.29) is 11.7 Å². The molecule has 0 atom stereocenters. The molecular formula is C14H24N4O. The molecular weight excluding hydrogens is 240 g/mol. The quantitative estimate of drug-likeness (QED) is 0.876. The maximum Gasteiger partial charge on any atom is 0.289 e. The van der Waals surface area contributed by atoms with Crippen LogP contribution in [0.1, 0.15) is 47.3 Å². The third-order valence-corrected chi connectivity index (χ3v) is 2.95. The third kappa shape index (κ3) is 4.28. The van der Waals surface area contributed by atoms with Crippen molar-refractivity contribution in [3.05, 3.63) is 22.8 Å². The van der Waals surface area contributed by atoms with Gasteiger partial charge in [0, 0.05) is 24.5 Å². The van der Waals surface area contributed by atoms with Gasteiger partial charge in [-0.05, 0) is 39.4 Å². The Hall–Kier alpha value is -1.49. The largest absolute Gasteiger partial charge is 0.348 e. The molecule has 0 aliphatic rings. The van der Waals surface area contributed by atoms with Gasteiger partial charge in [0.1, 0.15) is 0 Å². The number of nitrogens with one attached hydrogen (secondary N) is 1. The average molecular weight is 264 g/mol. The van der Waals surface area contributed by atoms with Crippen LogP contribution < -0.4 is 5.32 Å². The van der Waals surface area contributed by atoms with Crippen LogP contribution in [-0.4, -0.2) is 48.0 Å². The van der Waals surface area contributed by atoms with Crippen LogP contribution in [0.4, 0.5) is 0 Å². The molecule has 0 unspecified atom stereocenters. The first-order chi connectivity index (χ1) is 8.82. The lowest BCUT2D eigenvalue weighted by Crippen LogP contribution is -2.32. The van der Waals surface area contributed by atoms with Crippen LogP contribution in [0.25, 0.3) is 0 Å². The summed E-state index contributed by atoms with van der Waals surface area (Å²) in [5, 5.41) is 2.83. The molecule has 1 aromatic heterocycles. The van der Waals surface area contributed by atoms with Gasteiger partial charge in [0.25, 0.3) is 5.91 Å². The number of hydrogen-bond donors (Lipinski definition) is 1. The minimum atomic E-state index is -0.205. The number of carbonyl (C=O) groups is 1.